The van der Waals surface area contributed by atoms with Crippen molar-refractivity contribution in [2.24, 2.45) is 104 Å². The number of carboxylic acids is 1. The fraction of sp³-hybridized carbons (Fsp3) is 0.974. The quantitative estimate of drug-likeness (QED) is 0.0703. The topological polar surface area (TPSA) is 275 Å². The first kappa shape index (κ1) is 77.5. The van der Waals surface area contributed by atoms with Crippen molar-refractivity contribution in [3.8, 4) is 0 Å². The largest absolute Gasteiger partial charge is 0.481 e. The summed E-state index contributed by atoms with van der Waals surface area (Å²) in [5.41, 5.74) is -0.165. The van der Waals surface area contributed by atoms with Gasteiger partial charge in [-0.2, -0.15) is 0 Å². The van der Waals surface area contributed by atoms with Crippen molar-refractivity contribution >= 4 is 28.6 Å². The first-order valence-corrected chi connectivity index (χ1v) is 43.7. The molecule has 0 amide bonds. The van der Waals surface area contributed by atoms with E-state index in [1.807, 2.05) is 0 Å². The third-order valence-corrected chi connectivity index (χ3v) is 40.9. The van der Waals surface area contributed by atoms with Gasteiger partial charge in [-0.05, 0) is 251 Å². The second kappa shape index (κ2) is 26.2. The molecular weight excluding hydrogens is 1250 g/mol. The maximum atomic E-state index is 11.8. The highest BCUT2D eigenvalue weighted by molar-refractivity contribution is 6.74. The molecule has 2 heterocycles. The monoisotopic (exact) mass is 1390 g/mol. The number of hydrogen-bond donors (Lipinski definition) is 9. The van der Waals surface area contributed by atoms with Crippen molar-refractivity contribution < 1.29 is 83.3 Å². The van der Waals surface area contributed by atoms with Gasteiger partial charge in [-0.1, -0.05) is 90.5 Å². The maximum absolute atomic E-state index is 11.8. The van der Waals surface area contributed by atoms with Crippen LogP contribution in [-0.2, 0) is 37.4 Å². The lowest BCUT2D eigenvalue weighted by atomic mass is 9.43. The molecule has 9 N–H and O–H groups in total. The van der Waals surface area contributed by atoms with E-state index in [2.05, 4.69) is 123 Å². The minimum absolute atomic E-state index is 0. The molecule has 96 heavy (non-hydrogen) atoms. The van der Waals surface area contributed by atoms with Crippen molar-refractivity contribution in [3.05, 3.63) is 0 Å². The number of carbonyl (C=O) groups excluding carboxylic acids is 1. The van der Waals surface area contributed by atoms with Gasteiger partial charge in [0.25, 0.3) is 5.97 Å². The number of rotatable bonds is 5. The molecule has 0 radical (unpaired) electrons. The van der Waals surface area contributed by atoms with Crippen molar-refractivity contribution in [1.29, 1.82) is 0 Å². The van der Waals surface area contributed by atoms with E-state index in [1.54, 1.807) is 0 Å². The third-order valence-electron chi connectivity index (χ3n) is 31.9. The number of carbonyl (C=O) groups is 2. The second-order valence-electron chi connectivity index (χ2n) is 39.1. The van der Waals surface area contributed by atoms with E-state index < -0.39 is 95.0 Å². The Labute approximate surface area is 580 Å². The Bertz CT molecular complexity index is 2790. The second-order valence-corrected chi connectivity index (χ2v) is 48.6. The van der Waals surface area contributed by atoms with Crippen LogP contribution in [0.2, 0.25) is 36.3 Å². The van der Waals surface area contributed by atoms with Gasteiger partial charge < -0.3 is 73.8 Å². The van der Waals surface area contributed by atoms with Crippen LogP contribution in [0.1, 0.15) is 234 Å². The number of aliphatic hydroxyl groups is 8. The lowest BCUT2D eigenvalue weighted by Crippen LogP contribution is -2.68. The van der Waals surface area contributed by atoms with Crippen molar-refractivity contribution in [2.45, 2.75) is 367 Å². The highest BCUT2D eigenvalue weighted by Gasteiger charge is 2.74. The maximum Gasteiger partial charge on any atom is 0.303 e. The van der Waals surface area contributed by atoms with E-state index in [4.69, 9.17) is 37.7 Å². The van der Waals surface area contributed by atoms with Crippen molar-refractivity contribution in [2.75, 3.05) is 0 Å². The predicted octanol–water partition coefficient (Wildman–Crippen LogP) is 12.2. The fourth-order valence-corrected chi connectivity index (χ4v) is 27.7. The molecule has 2 saturated heterocycles. The number of carboxylic acid groups (broad SMARTS) is 1. The molecule has 0 aromatic heterocycles. The number of aliphatic hydroxyl groups excluding tert-OH is 8. The highest BCUT2D eigenvalue weighted by Crippen LogP contribution is 2.73. The molecule has 0 aromatic rings. The molecule has 0 aromatic carbocycles. The Morgan fingerprint density at radius 2 is 0.802 bits per heavy atom. The Hall–Kier alpha value is -1.15. The van der Waals surface area contributed by atoms with Crippen LogP contribution in [0.3, 0.4) is 0 Å². The van der Waals surface area contributed by atoms with Crippen LogP contribution in [0.5, 0.6) is 0 Å². The zero-order valence-electron chi connectivity index (χ0n) is 62.1. The molecule has 12 saturated carbocycles. The van der Waals surface area contributed by atoms with Gasteiger partial charge in [0.2, 0.25) is 0 Å². The van der Waals surface area contributed by atoms with Crippen molar-refractivity contribution in [1.82, 2.24) is 0 Å². The normalized spacial score (nSPS) is 52.3. The molecule has 12 aliphatic carbocycles. The fourth-order valence-electron chi connectivity index (χ4n) is 24.8. The lowest BCUT2D eigenvalue weighted by molar-refractivity contribution is -0.256. The molecule has 14 fully saturated rings. The molecule has 19 heteroatoms. The first-order valence-electron chi connectivity index (χ1n) is 37.9. The van der Waals surface area contributed by atoms with Crippen LogP contribution in [0.25, 0.3) is 0 Å². The molecule has 14 aliphatic rings. The van der Waals surface area contributed by atoms with E-state index in [9.17, 15) is 45.6 Å². The predicted molar refractivity (Wildman–Crippen MR) is 374 cm³/mol. The van der Waals surface area contributed by atoms with Crippen LogP contribution >= 0.6 is 0 Å². The Morgan fingerprint density at radius 1 is 0.427 bits per heavy atom. The highest BCUT2D eigenvalue weighted by atomic mass is 28.4. The van der Waals surface area contributed by atoms with Gasteiger partial charge in [0.1, 0.15) is 6.10 Å². The van der Waals surface area contributed by atoms with Crippen LogP contribution in [0.4, 0.5) is 0 Å². The summed E-state index contributed by atoms with van der Waals surface area (Å²) >= 11 is 0. The van der Waals surface area contributed by atoms with E-state index in [0.29, 0.717) is 60.2 Å². The number of epoxide rings is 1. The molecule has 2 aliphatic heterocycles. The smallest absolute Gasteiger partial charge is 0.303 e. The molecule has 554 valence electrons. The van der Waals surface area contributed by atoms with Crippen LogP contribution in [0, 0.1) is 104 Å². The van der Waals surface area contributed by atoms with E-state index in [1.165, 1.54) is 45.4 Å². The minimum Gasteiger partial charge on any atom is -0.481 e. The number of ether oxygens (including phenoxy) is 4. The van der Waals surface area contributed by atoms with Crippen LogP contribution in [0.15, 0.2) is 0 Å². The summed E-state index contributed by atoms with van der Waals surface area (Å²) in [6, 6.07) is 0. The average molecular weight is 1390 g/mol. The number of fused-ring (bicyclic) bond motifs is 20. The Morgan fingerprint density at radius 3 is 1.29 bits per heavy atom. The summed E-state index contributed by atoms with van der Waals surface area (Å²) < 4.78 is 39.5. The van der Waals surface area contributed by atoms with Crippen LogP contribution < -0.4 is 0 Å². The van der Waals surface area contributed by atoms with E-state index in [0.717, 1.165) is 77.0 Å². The molecule has 12 unspecified atom stereocenters. The van der Waals surface area contributed by atoms with Crippen LogP contribution in [-0.4, -0.2) is 172 Å². The van der Waals surface area contributed by atoms with Gasteiger partial charge >= 0.3 is 5.97 Å². The number of aliphatic carboxylic acids is 1. The Balaban J connectivity index is 0.000000153. The number of esters is 1. The van der Waals surface area contributed by atoms with Gasteiger partial charge in [-0.15, -0.1) is 0 Å². The van der Waals surface area contributed by atoms with Crippen molar-refractivity contribution in [3.63, 3.8) is 0 Å². The summed E-state index contributed by atoms with van der Waals surface area (Å²) in [7, 11) is -3.74. The first-order chi connectivity index (χ1) is 43.7. The summed E-state index contributed by atoms with van der Waals surface area (Å²) in [6.07, 6.45) is 12.2. The van der Waals surface area contributed by atoms with E-state index in [-0.39, 0.29) is 98.6 Å². The molecule has 33 atom stereocenters. The van der Waals surface area contributed by atoms with Gasteiger partial charge in [0, 0.05) is 31.6 Å². The van der Waals surface area contributed by atoms with Gasteiger partial charge in [0.05, 0.1) is 85.5 Å². The third kappa shape index (κ3) is 12.5. The summed E-state index contributed by atoms with van der Waals surface area (Å²) in [4.78, 5) is 20.8. The molecule has 0 spiro atoms. The average Bonchev–Trinajstić information content (AvgIpc) is 1.41. The zero-order chi connectivity index (χ0) is 70.2. The lowest BCUT2D eigenvalue weighted by Gasteiger charge is -2.64. The molecule has 14 rings (SSSR count). The van der Waals surface area contributed by atoms with Gasteiger partial charge in [-0.3, -0.25) is 9.59 Å². The summed E-state index contributed by atoms with van der Waals surface area (Å²) in [5.74, 6) is 0.700. The van der Waals surface area contributed by atoms with Gasteiger partial charge in [0.15, 0.2) is 22.4 Å². The Kier molecular flexibility index (Phi) is 21.1. The zero-order valence-corrected chi connectivity index (χ0v) is 64.1. The summed E-state index contributed by atoms with van der Waals surface area (Å²) in [6.45, 7) is 44.2. The van der Waals surface area contributed by atoms with Gasteiger partial charge in [-0.25, -0.2) is 0 Å². The standard InChI is InChI=1S/C28H48O4Si.C27H48O6Si.C19H32O5.C2H4O2.CH4/c1-25(2,3)33(8,9)32-19-11-10-16-20-17(12-14-27(16,19)6)28(7)15-13-18-22(29-18)21(28)24-23(20)30-26(4,5)31-24;1-15(28)32-24-18(29)12-14-27(6)17-11-13-26(5)16(20(17)22(30)23(31)21(24)27)9-10-19(26)33-34(7,8)25(2,3)4;1-18-7-5-10-13(9(18)3-4-12(18)21)16(23)17(24)14-15(22)11(20)6-8-19(10,14)2;1-2(3)4;/h16-24H,10-15H2,1-9H3;16-24,29-31H,9-14H2,1-8H3;9-17,20-24H,3-8H2,1-2H3;1H3,(H,3,4);1H4/t16?,17?,18-,19+,20?,21?,22-,23-,24-,27+,28-;16?,17?,18-,19+,20?,21?,22-,23-,24+,26+,27-;9?,10?,11-,12+,13?,14?,15+,16-,17-,18+,19-;;/m111../s1. The molecule has 17 nitrogen and oxygen atoms in total. The molecular formula is C77H136O17Si2. The minimum atomic E-state index is -1.93. The number of hydrogen-bond acceptors (Lipinski definition) is 16. The van der Waals surface area contributed by atoms with E-state index >= 15 is 0 Å². The SMILES string of the molecule is C.CC(=O)O.CC(=O)O[C@@H]1C2[C@@H](O)[C@H](O)C3C(CC[C@@]4(C)C3CC[C@@H]4O[Si](C)(C)C(C)(C)C)[C@@]2(C)CC[C@H]1O.CC1(C)O[C@@H]2C3C(CC[C@@]4(C)C3CC[C@@H]4O[Si](C)(C)C(C)(C)C)[C@@]3(C)CC[C@H]4O[C@H]4C3[C@H]2O1.C[C@]12CC[C@@H](O)[C@H](O)C1[C@@H](O)[C@H](O)C1C2CC[C@@]2(C)C1CC[C@@H]2O. The summed E-state index contributed by atoms with van der Waals surface area (Å²) in [5, 5.41) is 94.4. The molecule has 0 bridgehead atoms.